The van der Waals surface area contributed by atoms with Crippen molar-refractivity contribution in [1.82, 2.24) is 0 Å². The smallest absolute Gasteiger partial charge is 0.102 e. The maximum absolute atomic E-state index is 10.3. The topological polar surface area (TPSA) is 47.9 Å². The summed E-state index contributed by atoms with van der Waals surface area (Å²) < 4.78 is 16.3. The molecule has 0 radical (unpaired) electrons. The minimum Gasteiger partial charge on any atom is -0.389 e. The van der Waals surface area contributed by atoms with E-state index in [4.69, 9.17) is 14.2 Å². The Morgan fingerprint density at radius 1 is 1.26 bits per heavy atom. The molecule has 0 aliphatic carbocycles. The molecule has 4 heteroatoms. The third kappa shape index (κ3) is 6.34. The number of aliphatic hydroxyl groups is 1. The quantitative estimate of drug-likeness (QED) is 0.740. The van der Waals surface area contributed by atoms with E-state index in [0.717, 1.165) is 12.0 Å². The van der Waals surface area contributed by atoms with Crippen LogP contribution < -0.4 is 0 Å². The second-order valence-corrected chi connectivity index (χ2v) is 4.94. The highest BCUT2D eigenvalue weighted by Crippen LogP contribution is 2.15. The fourth-order valence-corrected chi connectivity index (χ4v) is 2.06. The molecule has 1 heterocycles. The Hall–Kier alpha value is -0.680. The fourth-order valence-electron chi connectivity index (χ4n) is 2.06. The van der Waals surface area contributed by atoms with Gasteiger partial charge in [-0.15, -0.1) is 0 Å². The zero-order valence-electron chi connectivity index (χ0n) is 12.2. The molecule has 110 valence electrons. The highest BCUT2D eigenvalue weighted by molar-refractivity contribution is 5.05. The number of hydrogen-bond acceptors (Lipinski definition) is 4. The molecule has 3 atom stereocenters. The van der Waals surface area contributed by atoms with Crippen LogP contribution in [0.2, 0.25) is 0 Å². The van der Waals surface area contributed by atoms with Crippen LogP contribution in [-0.2, 0) is 14.2 Å². The average molecular weight is 270 g/mol. The predicted molar refractivity (Wildman–Crippen MR) is 75.1 cm³/mol. The summed E-state index contributed by atoms with van der Waals surface area (Å²) in [6, 6.07) is 0. The van der Waals surface area contributed by atoms with Gasteiger partial charge in [-0.1, -0.05) is 30.7 Å². The second-order valence-electron chi connectivity index (χ2n) is 4.94. The molecule has 0 amide bonds. The van der Waals surface area contributed by atoms with Gasteiger partial charge in [0.2, 0.25) is 0 Å². The van der Waals surface area contributed by atoms with E-state index in [1.807, 2.05) is 32.1 Å². The summed E-state index contributed by atoms with van der Waals surface area (Å²) in [4.78, 5) is 0. The van der Waals surface area contributed by atoms with E-state index in [0.29, 0.717) is 26.4 Å². The summed E-state index contributed by atoms with van der Waals surface area (Å²) in [6.07, 6.45) is 5.92. The van der Waals surface area contributed by atoms with Crippen LogP contribution in [-0.4, -0.2) is 50.9 Å². The minimum atomic E-state index is -0.556. The molecule has 19 heavy (non-hydrogen) atoms. The van der Waals surface area contributed by atoms with Crippen molar-refractivity contribution in [2.24, 2.45) is 5.92 Å². The lowest BCUT2D eigenvalue weighted by atomic mass is 9.97. The largest absolute Gasteiger partial charge is 0.389 e. The van der Waals surface area contributed by atoms with Crippen LogP contribution in [0.5, 0.6) is 0 Å². The van der Waals surface area contributed by atoms with Crippen molar-refractivity contribution in [3.8, 4) is 0 Å². The van der Waals surface area contributed by atoms with Crippen LogP contribution in [0.3, 0.4) is 0 Å². The van der Waals surface area contributed by atoms with E-state index in [1.54, 1.807) is 7.11 Å². The number of ether oxygens (including phenoxy) is 3. The monoisotopic (exact) mass is 270 g/mol. The Morgan fingerprint density at radius 3 is 2.74 bits per heavy atom. The zero-order chi connectivity index (χ0) is 14.1. The fraction of sp³-hybridized carbons (Fsp3) is 0.733. The molecular weight excluding hydrogens is 244 g/mol. The lowest BCUT2D eigenvalue weighted by molar-refractivity contribution is -0.00247. The van der Waals surface area contributed by atoms with Crippen molar-refractivity contribution in [3.63, 3.8) is 0 Å². The molecule has 0 fully saturated rings. The lowest BCUT2D eigenvalue weighted by Crippen LogP contribution is -2.31. The van der Waals surface area contributed by atoms with E-state index in [1.165, 1.54) is 0 Å². The van der Waals surface area contributed by atoms with Crippen molar-refractivity contribution in [1.29, 1.82) is 0 Å². The first-order chi connectivity index (χ1) is 9.15. The Balaban J connectivity index is 2.71. The molecule has 0 aromatic carbocycles. The van der Waals surface area contributed by atoms with E-state index >= 15 is 0 Å². The van der Waals surface area contributed by atoms with Gasteiger partial charge >= 0.3 is 0 Å². The first-order valence-corrected chi connectivity index (χ1v) is 6.85. The van der Waals surface area contributed by atoms with Gasteiger partial charge < -0.3 is 19.3 Å². The normalized spacial score (nSPS) is 31.6. The summed E-state index contributed by atoms with van der Waals surface area (Å²) in [5.74, 6) is 0.0254. The number of rotatable bonds is 1. The van der Waals surface area contributed by atoms with E-state index in [9.17, 15) is 5.11 Å². The molecule has 1 aliphatic heterocycles. The molecular formula is C15H26O4. The summed E-state index contributed by atoms with van der Waals surface area (Å²) in [5, 5.41) is 10.3. The molecule has 1 aliphatic rings. The van der Waals surface area contributed by atoms with Gasteiger partial charge in [0, 0.05) is 13.0 Å². The maximum Gasteiger partial charge on any atom is 0.102 e. The van der Waals surface area contributed by atoms with Crippen molar-refractivity contribution < 1.29 is 19.3 Å². The summed E-state index contributed by atoms with van der Waals surface area (Å²) in [5.41, 5.74) is 1.11. The molecule has 3 unspecified atom stereocenters. The maximum atomic E-state index is 10.3. The number of aliphatic hydroxyl groups excluding tert-OH is 1. The van der Waals surface area contributed by atoms with Gasteiger partial charge in [-0.05, 0) is 13.3 Å². The van der Waals surface area contributed by atoms with Gasteiger partial charge in [-0.3, -0.25) is 0 Å². The van der Waals surface area contributed by atoms with Gasteiger partial charge in [0.15, 0.2) is 0 Å². The van der Waals surface area contributed by atoms with E-state index in [-0.39, 0.29) is 12.0 Å². The summed E-state index contributed by atoms with van der Waals surface area (Å²) in [7, 11) is 1.62. The van der Waals surface area contributed by atoms with Crippen LogP contribution in [0.15, 0.2) is 23.8 Å². The Morgan fingerprint density at radius 2 is 2.00 bits per heavy atom. The molecule has 0 bridgehead atoms. The van der Waals surface area contributed by atoms with E-state index < -0.39 is 6.10 Å². The van der Waals surface area contributed by atoms with Gasteiger partial charge in [0.25, 0.3) is 0 Å². The van der Waals surface area contributed by atoms with Gasteiger partial charge in [-0.2, -0.15) is 0 Å². The summed E-state index contributed by atoms with van der Waals surface area (Å²) in [6.45, 7) is 6.46. The third-order valence-corrected chi connectivity index (χ3v) is 3.15. The number of methoxy groups -OCH3 is 1. The molecule has 0 spiro atoms. The van der Waals surface area contributed by atoms with Crippen LogP contribution in [0, 0.1) is 5.92 Å². The molecule has 0 aromatic rings. The van der Waals surface area contributed by atoms with Crippen molar-refractivity contribution in [3.05, 3.63) is 23.8 Å². The predicted octanol–water partition coefficient (Wildman–Crippen LogP) is 1.94. The Kier molecular flexibility index (Phi) is 7.98. The van der Waals surface area contributed by atoms with Crippen LogP contribution in [0.1, 0.15) is 20.3 Å². The lowest BCUT2D eigenvalue weighted by Gasteiger charge is -2.23. The third-order valence-electron chi connectivity index (χ3n) is 3.15. The highest BCUT2D eigenvalue weighted by Gasteiger charge is 2.21. The van der Waals surface area contributed by atoms with E-state index in [2.05, 4.69) is 0 Å². The molecule has 1 rings (SSSR count). The van der Waals surface area contributed by atoms with Gasteiger partial charge in [0.1, 0.15) is 6.10 Å². The summed E-state index contributed by atoms with van der Waals surface area (Å²) >= 11 is 0. The van der Waals surface area contributed by atoms with Crippen LogP contribution in [0.25, 0.3) is 0 Å². The SMILES string of the molecule is COC1C=CCCOCCOCC(C)=CC(C)C1O. The first kappa shape index (κ1) is 16.4. The molecule has 4 nitrogen and oxygen atoms in total. The highest BCUT2D eigenvalue weighted by atomic mass is 16.5. The Labute approximate surface area is 116 Å². The number of hydrogen-bond donors (Lipinski definition) is 1. The van der Waals surface area contributed by atoms with Crippen LogP contribution in [0.4, 0.5) is 0 Å². The molecule has 0 saturated carbocycles. The molecule has 1 N–H and O–H groups in total. The van der Waals surface area contributed by atoms with Gasteiger partial charge in [0.05, 0.1) is 32.5 Å². The minimum absolute atomic E-state index is 0.0254. The Bertz CT molecular complexity index is 299. The zero-order valence-corrected chi connectivity index (χ0v) is 12.2. The van der Waals surface area contributed by atoms with Crippen LogP contribution >= 0.6 is 0 Å². The standard InChI is InChI=1S/C15H26O4/c1-12-10-13(2)15(16)14(17-3)6-4-5-7-18-8-9-19-11-12/h4,6,10,13-16H,5,7-9,11H2,1-3H3. The molecule has 0 aromatic heterocycles. The molecule has 0 saturated heterocycles. The van der Waals surface area contributed by atoms with Crippen molar-refractivity contribution in [2.45, 2.75) is 32.5 Å². The van der Waals surface area contributed by atoms with Crippen molar-refractivity contribution >= 4 is 0 Å². The van der Waals surface area contributed by atoms with Crippen molar-refractivity contribution in [2.75, 3.05) is 33.5 Å². The first-order valence-electron chi connectivity index (χ1n) is 6.85. The van der Waals surface area contributed by atoms with Gasteiger partial charge in [-0.25, -0.2) is 0 Å². The average Bonchev–Trinajstić information content (AvgIpc) is 2.39. The second kappa shape index (κ2) is 9.26.